The van der Waals surface area contributed by atoms with Gasteiger partial charge >= 0.3 is 0 Å². The van der Waals surface area contributed by atoms with Crippen LogP contribution >= 0.6 is 0 Å². The Morgan fingerprint density at radius 2 is 1.61 bits per heavy atom. The molecule has 1 heterocycles. The number of nitrogens with zero attached hydrogens (tertiary/aromatic N) is 3. The van der Waals surface area contributed by atoms with Gasteiger partial charge in [-0.15, -0.1) is 0 Å². The molecule has 0 aliphatic carbocycles. The number of hydrogen-bond acceptors (Lipinski definition) is 3. The zero-order valence-corrected chi connectivity index (χ0v) is 18.6. The third-order valence-corrected chi connectivity index (χ3v) is 5.31. The molecule has 0 radical (unpaired) electrons. The van der Waals surface area contributed by atoms with Crippen LogP contribution in [-0.4, -0.2) is 15.7 Å². The first-order valence-corrected chi connectivity index (χ1v) is 10.8. The summed E-state index contributed by atoms with van der Waals surface area (Å²) in [6, 6.07) is 29.1. The van der Waals surface area contributed by atoms with E-state index in [-0.39, 0.29) is 5.57 Å². The van der Waals surface area contributed by atoms with Crippen LogP contribution in [0.3, 0.4) is 0 Å². The van der Waals surface area contributed by atoms with E-state index in [9.17, 15) is 10.1 Å². The highest BCUT2D eigenvalue weighted by atomic mass is 16.1. The molecule has 0 atom stereocenters. The van der Waals surface area contributed by atoms with Gasteiger partial charge in [0.05, 0.1) is 11.4 Å². The van der Waals surface area contributed by atoms with Gasteiger partial charge in [0.1, 0.15) is 11.6 Å². The van der Waals surface area contributed by atoms with E-state index in [1.54, 1.807) is 10.8 Å². The van der Waals surface area contributed by atoms with Gasteiger partial charge in [0.25, 0.3) is 5.91 Å². The zero-order chi connectivity index (χ0) is 23.2. The Morgan fingerprint density at radius 1 is 0.970 bits per heavy atom. The zero-order valence-electron chi connectivity index (χ0n) is 18.6. The summed E-state index contributed by atoms with van der Waals surface area (Å²) in [4.78, 5) is 12.9. The van der Waals surface area contributed by atoms with Gasteiger partial charge < -0.3 is 5.32 Å². The molecule has 1 aromatic heterocycles. The lowest BCUT2D eigenvalue weighted by Gasteiger charge is -2.08. The van der Waals surface area contributed by atoms with Gasteiger partial charge in [-0.1, -0.05) is 74.5 Å². The lowest BCUT2D eigenvalue weighted by atomic mass is 10.0. The van der Waals surface area contributed by atoms with Gasteiger partial charge in [0, 0.05) is 23.0 Å². The molecule has 0 aliphatic rings. The number of aromatic nitrogens is 2. The van der Waals surface area contributed by atoms with Gasteiger partial charge in [0.2, 0.25) is 0 Å². The van der Waals surface area contributed by atoms with Crippen molar-refractivity contribution < 1.29 is 4.79 Å². The van der Waals surface area contributed by atoms with Crippen molar-refractivity contribution in [3.8, 4) is 23.0 Å². The van der Waals surface area contributed by atoms with Crippen LogP contribution < -0.4 is 5.32 Å². The van der Waals surface area contributed by atoms with Gasteiger partial charge in [0.15, 0.2) is 0 Å². The number of rotatable bonds is 6. The quantitative estimate of drug-likeness (QED) is 0.291. The molecule has 162 valence electrons. The second kappa shape index (κ2) is 9.80. The molecular weight excluding hydrogens is 408 g/mol. The van der Waals surface area contributed by atoms with Gasteiger partial charge in [-0.25, -0.2) is 4.68 Å². The summed E-state index contributed by atoms with van der Waals surface area (Å²) in [5.41, 5.74) is 5.02. The number of benzene rings is 3. The minimum absolute atomic E-state index is 0.00716. The maximum Gasteiger partial charge on any atom is 0.266 e. The highest BCUT2D eigenvalue weighted by Gasteiger charge is 2.15. The summed E-state index contributed by atoms with van der Waals surface area (Å²) in [6.45, 7) is 4.23. The summed E-state index contributed by atoms with van der Waals surface area (Å²) in [7, 11) is 0. The van der Waals surface area contributed by atoms with Crippen LogP contribution in [0.15, 0.2) is 96.7 Å². The highest BCUT2D eigenvalue weighted by molar-refractivity contribution is 6.10. The summed E-state index contributed by atoms with van der Waals surface area (Å²) < 4.78 is 1.76. The molecule has 0 unspecified atom stereocenters. The summed E-state index contributed by atoms with van der Waals surface area (Å²) in [5.74, 6) is -0.0526. The molecule has 5 nitrogen and oxygen atoms in total. The number of carbonyl (C=O) groups is 1. The Balaban J connectivity index is 1.68. The SMILES string of the molecule is CC(C)c1ccc(NC(=O)/C(C#N)=C\c2cn(-c3ccccc3)nc2-c2ccccc2)cc1. The topological polar surface area (TPSA) is 70.7 Å². The molecule has 0 bridgehead atoms. The van der Waals surface area contributed by atoms with Gasteiger partial charge in [-0.2, -0.15) is 10.4 Å². The van der Waals surface area contributed by atoms with Crippen molar-refractivity contribution in [3.05, 3.63) is 108 Å². The maximum absolute atomic E-state index is 12.9. The maximum atomic E-state index is 12.9. The number of nitriles is 1. The minimum atomic E-state index is -0.457. The molecule has 0 spiro atoms. The first-order valence-electron chi connectivity index (χ1n) is 10.8. The predicted molar refractivity (Wildman–Crippen MR) is 132 cm³/mol. The Morgan fingerprint density at radius 3 is 2.21 bits per heavy atom. The standard InChI is InChI=1S/C28H24N4O/c1-20(2)21-13-15-25(16-14-21)30-28(33)23(18-29)17-24-19-32(26-11-7-4-8-12-26)31-27(24)22-9-5-3-6-10-22/h3-17,19-20H,1-2H3,(H,30,33)/b23-17-. The second-order valence-corrected chi connectivity index (χ2v) is 7.98. The molecule has 0 aliphatic heterocycles. The minimum Gasteiger partial charge on any atom is -0.321 e. The largest absolute Gasteiger partial charge is 0.321 e. The number of amides is 1. The van der Waals surface area contributed by atoms with E-state index in [0.717, 1.165) is 11.3 Å². The third kappa shape index (κ3) is 5.08. The molecule has 1 amide bonds. The van der Waals surface area contributed by atoms with Crippen molar-refractivity contribution in [2.24, 2.45) is 0 Å². The molecule has 4 aromatic rings. The van der Waals surface area contributed by atoms with Crippen LogP contribution in [0.4, 0.5) is 5.69 Å². The Kier molecular flexibility index (Phi) is 6.47. The van der Waals surface area contributed by atoms with Crippen molar-refractivity contribution in [1.82, 2.24) is 9.78 Å². The fourth-order valence-electron chi connectivity index (χ4n) is 3.48. The molecule has 3 aromatic carbocycles. The van der Waals surface area contributed by atoms with E-state index in [1.807, 2.05) is 97.2 Å². The van der Waals surface area contributed by atoms with E-state index in [1.165, 1.54) is 5.56 Å². The molecule has 0 fully saturated rings. The number of anilines is 1. The summed E-state index contributed by atoms with van der Waals surface area (Å²) in [6.07, 6.45) is 3.42. The van der Waals surface area contributed by atoms with E-state index in [2.05, 4.69) is 19.2 Å². The molecule has 5 heteroatoms. The van der Waals surface area contributed by atoms with Crippen LogP contribution in [0.2, 0.25) is 0 Å². The molecule has 4 rings (SSSR count). The normalized spacial score (nSPS) is 11.3. The van der Waals surface area contributed by atoms with Crippen molar-refractivity contribution in [2.45, 2.75) is 19.8 Å². The lowest BCUT2D eigenvalue weighted by molar-refractivity contribution is -0.112. The van der Waals surface area contributed by atoms with Crippen LogP contribution in [0.1, 0.15) is 30.9 Å². The monoisotopic (exact) mass is 432 g/mol. The average molecular weight is 433 g/mol. The van der Waals surface area contributed by atoms with E-state index >= 15 is 0 Å². The first kappa shape index (κ1) is 21.8. The smallest absolute Gasteiger partial charge is 0.266 e. The van der Waals surface area contributed by atoms with E-state index in [0.29, 0.717) is 22.9 Å². The second-order valence-electron chi connectivity index (χ2n) is 7.98. The Hall–Kier alpha value is -4.43. The van der Waals surface area contributed by atoms with Crippen molar-refractivity contribution in [1.29, 1.82) is 5.26 Å². The third-order valence-electron chi connectivity index (χ3n) is 5.31. The van der Waals surface area contributed by atoms with Crippen molar-refractivity contribution >= 4 is 17.7 Å². The molecule has 0 saturated carbocycles. The van der Waals surface area contributed by atoms with Gasteiger partial charge in [-0.05, 0) is 41.8 Å². The number of carbonyl (C=O) groups excluding carboxylic acids is 1. The summed E-state index contributed by atoms with van der Waals surface area (Å²) >= 11 is 0. The lowest BCUT2D eigenvalue weighted by Crippen LogP contribution is -2.13. The first-order chi connectivity index (χ1) is 16.0. The van der Waals surface area contributed by atoms with Crippen LogP contribution in [0.25, 0.3) is 23.0 Å². The number of nitrogens with one attached hydrogen (secondary N) is 1. The number of para-hydroxylation sites is 1. The van der Waals surface area contributed by atoms with Crippen LogP contribution in [-0.2, 0) is 4.79 Å². The van der Waals surface area contributed by atoms with E-state index in [4.69, 9.17) is 5.10 Å². The van der Waals surface area contributed by atoms with E-state index < -0.39 is 5.91 Å². The predicted octanol–water partition coefficient (Wildman–Crippen LogP) is 6.21. The molecule has 0 saturated heterocycles. The molecule has 1 N–H and O–H groups in total. The fourth-order valence-corrected chi connectivity index (χ4v) is 3.48. The van der Waals surface area contributed by atoms with Crippen LogP contribution in [0, 0.1) is 11.3 Å². The highest BCUT2D eigenvalue weighted by Crippen LogP contribution is 2.26. The molecular formula is C28H24N4O. The van der Waals surface area contributed by atoms with Crippen molar-refractivity contribution in [2.75, 3.05) is 5.32 Å². The summed E-state index contributed by atoms with van der Waals surface area (Å²) in [5, 5.41) is 17.3. The number of hydrogen-bond donors (Lipinski definition) is 1. The fraction of sp³-hybridized carbons (Fsp3) is 0.107. The average Bonchev–Trinajstić information content (AvgIpc) is 3.28. The Bertz CT molecular complexity index is 1310. The van der Waals surface area contributed by atoms with Crippen molar-refractivity contribution in [3.63, 3.8) is 0 Å². The Labute approximate surface area is 193 Å². The van der Waals surface area contributed by atoms with Crippen LogP contribution in [0.5, 0.6) is 0 Å². The van der Waals surface area contributed by atoms with Gasteiger partial charge in [-0.3, -0.25) is 4.79 Å². The molecule has 33 heavy (non-hydrogen) atoms.